The highest BCUT2D eigenvalue weighted by molar-refractivity contribution is 6.30. The van der Waals surface area contributed by atoms with Crippen molar-refractivity contribution in [1.82, 2.24) is 4.90 Å². The standard InChI is InChI=1S/C14H18ClNO2/c1-10(16-8-2-3-13(16)9-17)14(18)11-4-6-12(15)7-5-11/h4-7,10,13,17H,2-3,8-9H2,1H3. The monoisotopic (exact) mass is 267 g/mol. The number of carbonyl (C=O) groups is 1. The van der Waals surface area contributed by atoms with Crippen molar-refractivity contribution in [2.45, 2.75) is 31.8 Å². The summed E-state index contributed by atoms with van der Waals surface area (Å²) in [5.74, 6) is 0.0898. The molecule has 0 radical (unpaired) electrons. The Morgan fingerprint density at radius 1 is 1.50 bits per heavy atom. The lowest BCUT2D eigenvalue weighted by atomic mass is 10.0. The molecule has 2 unspecified atom stereocenters. The van der Waals surface area contributed by atoms with Crippen LogP contribution in [0.3, 0.4) is 0 Å². The lowest BCUT2D eigenvalue weighted by Gasteiger charge is -2.28. The molecule has 1 N–H and O–H groups in total. The average Bonchev–Trinajstić information content (AvgIpc) is 2.86. The number of hydrogen-bond acceptors (Lipinski definition) is 3. The molecule has 2 rings (SSSR count). The van der Waals surface area contributed by atoms with E-state index in [-0.39, 0.29) is 24.5 Å². The van der Waals surface area contributed by atoms with Gasteiger partial charge in [-0.1, -0.05) is 11.6 Å². The van der Waals surface area contributed by atoms with Crippen molar-refractivity contribution in [3.8, 4) is 0 Å². The van der Waals surface area contributed by atoms with E-state index in [0.717, 1.165) is 19.4 Å². The molecule has 0 spiro atoms. The minimum absolute atomic E-state index is 0.0898. The lowest BCUT2D eigenvalue weighted by Crippen LogP contribution is -2.43. The number of aliphatic hydroxyl groups excluding tert-OH is 1. The highest BCUT2D eigenvalue weighted by atomic mass is 35.5. The molecular weight excluding hydrogens is 250 g/mol. The summed E-state index contributed by atoms with van der Waals surface area (Å²) in [4.78, 5) is 14.4. The first-order valence-electron chi connectivity index (χ1n) is 6.30. The van der Waals surface area contributed by atoms with Gasteiger partial charge in [-0.25, -0.2) is 0 Å². The summed E-state index contributed by atoms with van der Waals surface area (Å²) in [6.45, 7) is 2.91. The van der Waals surface area contributed by atoms with Crippen LogP contribution < -0.4 is 0 Å². The third kappa shape index (κ3) is 2.74. The van der Waals surface area contributed by atoms with Gasteiger partial charge in [-0.15, -0.1) is 0 Å². The molecule has 0 aliphatic carbocycles. The molecule has 18 heavy (non-hydrogen) atoms. The summed E-state index contributed by atoms with van der Waals surface area (Å²) < 4.78 is 0. The van der Waals surface area contributed by atoms with Crippen molar-refractivity contribution in [2.75, 3.05) is 13.2 Å². The van der Waals surface area contributed by atoms with Gasteiger partial charge < -0.3 is 5.11 Å². The first-order valence-corrected chi connectivity index (χ1v) is 6.67. The number of hydrogen-bond donors (Lipinski definition) is 1. The molecule has 1 aromatic rings. The number of nitrogens with zero attached hydrogens (tertiary/aromatic N) is 1. The van der Waals surface area contributed by atoms with Crippen molar-refractivity contribution in [3.63, 3.8) is 0 Å². The Balaban J connectivity index is 2.11. The van der Waals surface area contributed by atoms with Gasteiger partial charge in [-0.05, 0) is 50.6 Å². The van der Waals surface area contributed by atoms with Crippen LogP contribution in [0.25, 0.3) is 0 Å². The van der Waals surface area contributed by atoms with Crippen LogP contribution >= 0.6 is 11.6 Å². The second kappa shape index (κ2) is 5.83. The summed E-state index contributed by atoms with van der Waals surface area (Å²) >= 11 is 5.81. The van der Waals surface area contributed by atoms with E-state index in [2.05, 4.69) is 4.90 Å². The van der Waals surface area contributed by atoms with Gasteiger partial charge in [-0.2, -0.15) is 0 Å². The summed E-state index contributed by atoms with van der Waals surface area (Å²) in [5.41, 5.74) is 0.676. The first kappa shape index (κ1) is 13.5. The lowest BCUT2D eigenvalue weighted by molar-refractivity contribution is 0.0758. The zero-order valence-corrected chi connectivity index (χ0v) is 11.2. The van der Waals surface area contributed by atoms with Crippen molar-refractivity contribution in [3.05, 3.63) is 34.9 Å². The Morgan fingerprint density at radius 2 is 2.17 bits per heavy atom. The third-order valence-corrected chi connectivity index (χ3v) is 3.89. The molecule has 0 bridgehead atoms. The minimum atomic E-state index is -0.189. The highest BCUT2D eigenvalue weighted by Crippen LogP contribution is 2.22. The van der Waals surface area contributed by atoms with Gasteiger partial charge in [0.15, 0.2) is 5.78 Å². The SMILES string of the molecule is CC(C(=O)c1ccc(Cl)cc1)N1CCCC1CO. The van der Waals surface area contributed by atoms with Gasteiger partial charge in [0.25, 0.3) is 0 Å². The fourth-order valence-corrected chi connectivity index (χ4v) is 2.70. The van der Waals surface area contributed by atoms with Crippen molar-refractivity contribution < 1.29 is 9.90 Å². The number of benzene rings is 1. The van der Waals surface area contributed by atoms with Crippen molar-refractivity contribution in [2.24, 2.45) is 0 Å². The second-order valence-electron chi connectivity index (χ2n) is 4.76. The molecule has 2 atom stereocenters. The Morgan fingerprint density at radius 3 is 2.78 bits per heavy atom. The molecule has 98 valence electrons. The van der Waals surface area contributed by atoms with Crippen LogP contribution in [0, 0.1) is 0 Å². The Hall–Kier alpha value is -0.900. The topological polar surface area (TPSA) is 40.5 Å². The first-order chi connectivity index (χ1) is 8.63. The molecule has 3 nitrogen and oxygen atoms in total. The minimum Gasteiger partial charge on any atom is -0.395 e. The van der Waals surface area contributed by atoms with E-state index in [1.165, 1.54) is 0 Å². The second-order valence-corrected chi connectivity index (χ2v) is 5.20. The molecule has 0 aromatic heterocycles. The van der Waals surface area contributed by atoms with Crippen LogP contribution in [0.5, 0.6) is 0 Å². The maximum absolute atomic E-state index is 12.3. The predicted molar refractivity (Wildman–Crippen MR) is 72.1 cm³/mol. The predicted octanol–water partition coefficient (Wildman–Crippen LogP) is 2.37. The van der Waals surface area contributed by atoms with E-state index < -0.39 is 0 Å². The Bertz CT molecular complexity index is 418. The molecule has 1 aliphatic heterocycles. The molecular formula is C14H18ClNO2. The smallest absolute Gasteiger partial charge is 0.179 e. The Kier molecular flexibility index (Phi) is 4.38. The number of rotatable bonds is 4. The summed E-state index contributed by atoms with van der Waals surface area (Å²) in [6.07, 6.45) is 2.01. The van der Waals surface area contributed by atoms with E-state index in [9.17, 15) is 9.90 Å². The molecule has 0 amide bonds. The van der Waals surface area contributed by atoms with E-state index in [1.54, 1.807) is 24.3 Å². The number of aliphatic hydroxyl groups is 1. The molecule has 4 heteroatoms. The Labute approximate surface area is 112 Å². The number of carbonyl (C=O) groups excluding carboxylic acids is 1. The van der Waals surface area contributed by atoms with E-state index in [4.69, 9.17) is 11.6 Å². The van der Waals surface area contributed by atoms with Crippen LogP contribution in [-0.2, 0) is 0 Å². The van der Waals surface area contributed by atoms with Gasteiger partial charge in [0, 0.05) is 16.6 Å². The van der Waals surface area contributed by atoms with Gasteiger partial charge in [0.1, 0.15) is 0 Å². The number of halogens is 1. The normalized spacial score (nSPS) is 22.1. The summed E-state index contributed by atoms with van der Waals surface area (Å²) in [6, 6.07) is 6.91. The number of ketones is 1. The van der Waals surface area contributed by atoms with Gasteiger partial charge >= 0.3 is 0 Å². The highest BCUT2D eigenvalue weighted by Gasteiger charge is 2.31. The largest absolute Gasteiger partial charge is 0.395 e. The van der Waals surface area contributed by atoms with Gasteiger partial charge in [-0.3, -0.25) is 9.69 Å². The third-order valence-electron chi connectivity index (χ3n) is 3.64. The zero-order valence-electron chi connectivity index (χ0n) is 10.5. The van der Waals surface area contributed by atoms with Gasteiger partial charge in [0.2, 0.25) is 0 Å². The fraction of sp³-hybridized carbons (Fsp3) is 0.500. The molecule has 1 aliphatic rings. The average molecular weight is 268 g/mol. The van der Waals surface area contributed by atoms with Crippen molar-refractivity contribution in [1.29, 1.82) is 0 Å². The fourth-order valence-electron chi connectivity index (χ4n) is 2.57. The van der Waals surface area contributed by atoms with Crippen LogP contribution in [-0.4, -0.2) is 41.0 Å². The summed E-state index contributed by atoms with van der Waals surface area (Å²) in [7, 11) is 0. The molecule has 0 saturated carbocycles. The van der Waals surface area contributed by atoms with Crippen LogP contribution in [0.4, 0.5) is 0 Å². The maximum atomic E-state index is 12.3. The van der Waals surface area contributed by atoms with E-state index >= 15 is 0 Å². The van der Waals surface area contributed by atoms with Crippen LogP contribution in [0.2, 0.25) is 5.02 Å². The molecule has 1 fully saturated rings. The number of likely N-dealkylation sites (tertiary alicyclic amines) is 1. The molecule has 1 aromatic carbocycles. The quantitative estimate of drug-likeness (QED) is 0.852. The van der Waals surface area contributed by atoms with Crippen LogP contribution in [0.15, 0.2) is 24.3 Å². The van der Waals surface area contributed by atoms with Crippen molar-refractivity contribution >= 4 is 17.4 Å². The zero-order chi connectivity index (χ0) is 13.1. The molecule has 1 heterocycles. The van der Waals surface area contributed by atoms with Crippen LogP contribution in [0.1, 0.15) is 30.1 Å². The molecule has 1 saturated heterocycles. The summed E-state index contributed by atoms with van der Waals surface area (Å²) in [5, 5.41) is 9.94. The number of Topliss-reactive ketones (excluding diaryl/α,β-unsaturated/α-hetero) is 1. The maximum Gasteiger partial charge on any atom is 0.179 e. The van der Waals surface area contributed by atoms with E-state index in [0.29, 0.717) is 10.6 Å². The van der Waals surface area contributed by atoms with E-state index in [1.807, 2.05) is 6.92 Å². The van der Waals surface area contributed by atoms with Gasteiger partial charge in [0.05, 0.1) is 12.6 Å².